The second kappa shape index (κ2) is 2.50. The lowest BCUT2D eigenvalue weighted by atomic mass is 10.6. The molecule has 0 aromatic carbocycles. The van der Waals surface area contributed by atoms with Gasteiger partial charge in [0.15, 0.2) is 4.77 Å². The fourth-order valence-corrected chi connectivity index (χ4v) is 0.893. The molecular weight excluding hydrogens is 164 g/mol. The molecule has 0 bridgehead atoms. The first kappa shape index (κ1) is 8.00. The first-order valence-corrected chi connectivity index (χ1v) is 3.39. The van der Waals surface area contributed by atoms with Crippen LogP contribution in [0, 0.1) is 4.77 Å². The molecule has 0 saturated heterocycles. The molecule has 1 heterocycles. The van der Waals surface area contributed by atoms with E-state index in [1.54, 1.807) is 0 Å². The van der Waals surface area contributed by atoms with E-state index in [4.69, 9.17) is 12.2 Å². The monoisotopic (exact) mass is 171 g/mol. The summed E-state index contributed by atoms with van der Waals surface area (Å²) < 4.78 is 2.73. The zero-order chi connectivity index (χ0) is 8.59. The van der Waals surface area contributed by atoms with Crippen molar-refractivity contribution in [3.63, 3.8) is 0 Å². The Morgan fingerprint density at radius 1 is 1.45 bits per heavy atom. The zero-order valence-corrected chi connectivity index (χ0v) is 7.01. The third kappa shape index (κ3) is 1.19. The van der Waals surface area contributed by atoms with Crippen LogP contribution in [0.5, 0.6) is 5.88 Å². The van der Waals surface area contributed by atoms with Crippen molar-refractivity contribution in [2.45, 2.75) is 0 Å². The maximum Gasteiger partial charge on any atom is 0.253 e. The predicted octanol–water partition coefficient (Wildman–Crippen LogP) is -0.473. The van der Waals surface area contributed by atoms with Crippen molar-refractivity contribution in [3.8, 4) is 5.88 Å². The molecule has 4 nitrogen and oxygen atoms in total. The van der Waals surface area contributed by atoms with Crippen molar-refractivity contribution in [2.24, 2.45) is 14.1 Å². The molecule has 1 aromatic rings. The van der Waals surface area contributed by atoms with Crippen LogP contribution in [0.25, 0.3) is 0 Å². The Hall–Kier alpha value is -1.10. The van der Waals surface area contributed by atoms with Gasteiger partial charge in [0.1, 0.15) is 0 Å². The van der Waals surface area contributed by atoms with E-state index in [1.165, 1.54) is 23.2 Å². The lowest BCUT2D eigenvalue weighted by Crippen LogP contribution is -2.22. The number of aromatic nitrogens is 2. The van der Waals surface area contributed by atoms with Gasteiger partial charge in [-0.1, -0.05) is 0 Å². The van der Waals surface area contributed by atoms with E-state index in [1.807, 2.05) is 0 Å². The number of nitrogens with zero attached hydrogens (tertiary/aromatic N) is 2. The lowest BCUT2D eigenvalue weighted by molar-refractivity contribution is -0.279. The Morgan fingerprint density at radius 2 is 2.00 bits per heavy atom. The Balaban J connectivity index is 3.74. The van der Waals surface area contributed by atoms with Gasteiger partial charge in [-0.25, -0.2) is 0 Å². The smallest absolute Gasteiger partial charge is 0.253 e. The SMILES string of the molecule is Cn1c([O-])cc(=O)n(C)c1=S. The Kier molecular flexibility index (Phi) is 1.82. The standard InChI is InChI=1S/C6H8N2O2S/c1-7-4(9)3-5(10)8(2)6(7)11/h3,9H,1-2H3/p-1. The third-order valence-corrected chi connectivity index (χ3v) is 2.03. The van der Waals surface area contributed by atoms with Gasteiger partial charge < -0.3 is 9.67 Å². The molecule has 11 heavy (non-hydrogen) atoms. The summed E-state index contributed by atoms with van der Waals surface area (Å²) in [7, 11) is 3.06. The van der Waals surface area contributed by atoms with Crippen LogP contribution in [0.15, 0.2) is 10.9 Å². The molecule has 0 saturated carbocycles. The maximum absolute atomic E-state index is 10.9. The lowest BCUT2D eigenvalue weighted by Gasteiger charge is -2.13. The second-order valence-corrected chi connectivity index (χ2v) is 2.59. The van der Waals surface area contributed by atoms with Crippen LogP contribution in [0.1, 0.15) is 0 Å². The summed E-state index contributed by atoms with van der Waals surface area (Å²) in [4.78, 5) is 10.9. The molecule has 0 aliphatic carbocycles. The number of rotatable bonds is 0. The summed E-state index contributed by atoms with van der Waals surface area (Å²) in [5, 5.41) is 10.9. The van der Waals surface area contributed by atoms with Crippen LogP contribution in [0.2, 0.25) is 0 Å². The van der Waals surface area contributed by atoms with Crippen LogP contribution in [-0.2, 0) is 14.1 Å². The van der Waals surface area contributed by atoms with Crippen LogP contribution < -0.4 is 10.7 Å². The first-order valence-electron chi connectivity index (χ1n) is 2.98. The fraction of sp³-hybridized carbons (Fsp3) is 0.333. The largest absolute Gasteiger partial charge is 0.860 e. The van der Waals surface area contributed by atoms with Gasteiger partial charge in [0.05, 0.1) is 0 Å². The first-order chi connectivity index (χ1) is 5.04. The minimum atomic E-state index is -0.363. The van der Waals surface area contributed by atoms with Crippen molar-refractivity contribution >= 4 is 12.2 Å². The Morgan fingerprint density at radius 3 is 2.55 bits per heavy atom. The minimum absolute atomic E-state index is 0.238. The van der Waals surface area contributed by atoms with Crippen molar-refractivity contribution in [1.82, 2.24) is 9.13 Å². The third-order valence-electron chi connectivity index (χ3n) is 1.48. The van der Waals surface area contributed by atoms with Crippen molar-refractivity contribution in [3.05, 3.63) is 21.2 Å². The maximum atomic E-state index is 10.9. The van der Waals surface area contributed by atoms with E-state index in [2.05, 4.69) is 0 Å². The topological polar surface area (TPSA) is 50.0 Å². The zero-order valence-electron chi connectivity index (χ0n) is 6.20. The summed E-state index contributed by atoms with van der Waals surface area (Å²) in [5.41, 5.74) is -0.363. The summed E-state index contributed by atoms with van der Waals surface area (Å²) in [6, 6.07) is 1.01. The molecule has 5 heteroatoms. The second-order valence-electron chi connectivity index (χ2n) is 2.22. The van der Waals surface area contributed by atoms with Crippen molar-refractivity contribution < 1.29 is 5.11 Å². The number of hydrogen-bond donors (Lipinski definition) is 0. The van der Waals surface area contributed by atoms with Gasteiger partial charge in [0.2, 0.25) is 0 Å². The summed E-state index contributed by atoms with van der Waals surface area (Å²) in [6.07, 6.45) is 0. The molecule has 0 spiro atoms. The van der Waals surface area contributed by atoms with Gasteiger partial charge in [0.25, 0.3) is 5.56 Å². The molecule has 0 atom stereocenters. The highest BCUT2D eigenvalue weighted by Gasteiger charge is 1.93. The average Bonchev–Trinajstić information content (AvgIpc) is 1.97. The van der Waals surface area contributed by atoms with E-state index >= 15 is 0 Å². The molecule has 1 aromatic heterocycles. The molecule has 60 valence electrons. The average molecular weight is 171 g/mol. The van der Waals surface area contributed by atoms with Crippen molar-refractivity contribution in [1.29, 1.82) is 0 Å². The molecule has 0 amide bonds. The van der Waals surface area contributed by atoms with Gasteiger partial charge in [-0.3, -0.25) is 9.36 Å². The van der Waals surface area contributed by atoms with Gasteiger partial charge >= 0.3 is 0 Å². The van der Waals surface area contributed by atoms with Crippen LogP contribution in [0.3, 0.4) is 0 Å². The minimum Gasteiger partial charge on any atom is -0.860 e. The highest BCUT2D eigenvalue weighted by molar-refractivity contribution is 7.71. The van der Waals surface area contributed by atoms with Gasteiger partial charge in [-0.2, -0.15) is 0 Å². The van der Waals surface area contributed by atoms with Crippen LogP contribution in [-0.4, -0.2) is 9.13 Å². The fourth-order valence-electron chi connectivity index (χ4n) is 0.713. The molecule has 1 rings (SSSR count). The molecule has 0 unspecified atom stereocenters. The van der Waals surface area contributed by atoms with Crippen LogP contribution in [0.4, 0.5) is 0 Å². The summed E-state index contributed by atoms with van der Waals surface area (Å²) in [5.74, 6) is -0.363. The molecule has 0 fully saturated rings. The quantitative estimate of drug-likeness (QED) is 0.496. The van der Waals surface area contributed by atoms with E-state index in [0.717, 1.165) is 6.07 Å². The summed E-state index contributed by atoms with van der Waals surface area (Å²) in [6.45, 7) is 0. The van der Waals surface area contributed by atoms with E-state index in [0.29, 0.717) is 0 Å². The van der Waals surface area contributed by atoms with Crippen LogP contribution >= 0.6 is 12.2 Å². The molecule has 0 aliphatic rings. The van der Waals surface area contributed by atoms with Gasteiger partial charge in [-0.15, -0.1) is 0 Å². The van der Waals surface area contributed by atoms with Crippen molar-refractivity contribution in [2.75, 3.05) is 0 Å². The highest BCUT2D eigenvalue weighted by atomic mass is 32.1. The number of hydrogen-bond acceptors (Lipinski definition) is 3. The van der Waals surface area contributed by atoms with E-state index < -0.39 is 0 Å². The van der Waals surface area contributed by atoms with Gasteiger partial charge in [-0.05, 0) is 18.1 Å². The van der Waals surface area contributed by atoms with Gasteiger partial charge in [0, 0.05) is 20.2 Å². The molecule has 0 radical (unpaired) electrons. The predicted molar refractivity (Wildman–Crippen MR) is 40.9 cm³/mol. The molecular formula is C6H7N2O2S-. The Labute approximate surface area is 68.3 Å². The molecule has 0 aliphatic heterocycles. The highest BCUT2D eigenvalue weighted by Crippen LogP contribution is 1.97. The normalized spacial score (nSPS) is 10.0. The molecule has 0 N–H and O–H groups in total. The van der Waals surface area contributed by atoms with E-state index in [9.17, 15) is 9.90 Å². The van der Waals surface area contributed by atoms with E-state index in [-0.39, 0.29) is 16.2 Å². The summed E-state index contributed by atoms with van der Waals surface area (Å²) >= 11 is 4.80. The Bertz CT molecular complexity index is 391.